The lowest BCUT2D eigenvalue weighted by atomic mass is 10.1. The summed E-state index contributed by atoms with van der Waals surface area (Å²) in [7, 11) is -3.25. The van der Waals surface area contributed by atoms with Crippen LogP contribution in [0.2, 0.25) is 0 Å². The summed E-state index contributed by atoms with van der Waals surface area (Å²) >= 11 is 4.83. The van der Waals surface area contributed by atoms with Gasteiger partial charge in [-0.05, 0) is 12.0 Å². The Morgan fingerprint density at radius 3 is 2.44 bits per heavy atom. The number of hydrogen-bond donors (Lipinski definition) is 2. The van der Waals surface area contributed by atoms with Crippen molar-refractivity contribution in [3.63, 3.8) is 0 Å². The van der Waals surface area contributed by atoms with E-state index in [1.54, 1.807) is 24.3 Å². The van der Waals surface area contributed by atoms with Crippen molar-refractivity contribution < 1.29 is 8.42 Å². The van der Waals surface area contributed by atoms with Crippen molar-refractivity contribution in [3.05, 3.63) is 35.4 Å². The Bertz CT molecular complexity index is 495. The van der Waals surface area contributed by atoms with Crippen LogP contribution in [0, 0.1) is 0 Å². The van der Waals surface area contributed by atoms with Crippen LogP contribution in [-0.4, -0.2) is 20.0 Å². The lowest BCUT2D eigenvalue weighted by Gasteiger charge is -2.06. The molecule has 0 aliphatic rings. The average molecular weight is 286 g/mol. The van der Waals surface area contributed by atoms with Gasteiger partial charge in [-0.25, -0.2) is 13.1 Å². The van der Waals surface area contributed by atoms with Crippen molar-refractivity contribution in [2.75, 3.05) is 6.54 Å². The maximum Gasteiger partial charge on any atom is 0.215 e. The van der Waals surface area contributed by atoms with Crippen LogP contribution in [0.3, 0.4) is 0 Å². The highest BCUT2D eigenvalue weighted by atomic mass is 32.2. The van der Waals surface area contributed by atoms with E-state index in [0.29, 0.717) is 11.5 Å². The molecule has 0 fully saturated rings. The second kappa shape index (κ2) is 6.82. The molecule has 0 heterocycles. The number of rotatable bonds is 7. The van der Waals surface area contributed by atoms with Crippen molar-refractivity contribution in [2.24, 2.45) is 5.73 Å². The average Bonchev–Trinajstić information content (AvgIpc) is 2.29. The Balaban J connectivity index is 2.63. The van der Waals surface area contributed by atoms with Crippen LogP contribution in [0.15, 0.2) is 24.3 Å². The van der Waals surface area contributed by atoms with Crippen molar-refractivity contribution in [1.29, 1.82) is 0 Å². The zero-order valence-electron chi connectivity index (χ0n) is 10.3. The lowest BCUT2D eigenvalue weighted by molar-refractivity contribution is 0.577. The molecule has 0 amide bonds. The quantitative estimate of drug-likeness (QED) is 0.589. The number of hydrogen-bond acceptors (Lipinski definition) is 3. The monoisotopic (exact) mass is 286 g/mol. The first-order valence-corrected chi connectivity index (χ1v) is 7.87. The summed E-state index contributed by atoms with van der Waals surface area (Å²) in [6, 6.07) is 6.93. The van der Waals surface area contributed by atoms with E-state index in [4.69, 9.17) is 18.0 Å². The number of unbranched alkanes of at least 4 members (excludes halogenated alkanes) is 1. The Hall–Kier alpha value is -0.980. The molecule has 3 N–H and O–H groups in total. The van der Waals surface area contributed by atoms with Crippen LogP contribution >= 0.6 is 12.2 Å². The van der Waals surface area contributed by atoms with Gasteiger partial charge in [0.2, 0.25) is 10.0 Å². The van der Waals surface area contributed by atoms with E-state index in [-0.39, 0.29) is 5.75 Å². The van der Waals surface area contributed by atoms with Crippen molar-refractivity contribution >= 4 is 27.2 Å². The van der Waals surface area contributed by atoms with E-state index >= 15 is 0 Å². The van der Waals surface area contributed by atoms with Gasteiger partial charge >= 0.3 is 0 Å². The third kappa shape index (κ3) is 5.12. The molecule has 18 heavy (non-hydrogen) atoms. The maximum atomic E-state index is 11.7. The molecule has 0 bridgehead atoms. The summed E-state index contributed by atoms with van der Waals surface area (Å²) in [5.41, 5.74) is 6.94. The van der Waals surface area contributed by atoms with Gasteiger partial charge in [0.05, 0.1) is 5.75 Å². The maximum absolute atomic E-state index is 11.7. The fourth-order valence-corrected chi connectivity index (χ4v) is 2.76. The zero-order chi connectivity index (χ0) is 13.6. The smallest absolute Gasteiger partial charge is 0.215 e. The van der Waals surface area contributed by atoms with Gasteiger partial charge in [0.15, 0.2) is 0 Å². The standard InChI is InChI=1S/C12H18N2O2S2/c1-2-3-8-14-18(15,16)9-10-4-6-11(7-5-10)12(13)17/h4-7,14H,2-3,8-9H2,1H3,(H2,13,17). The number of nitrogens with one attached hydrogen (secondary N) is 1. The van der Waals surface area contributed by atoms with Crippen molar-refractivity contribution in [3.8, 4) is 0 Å². The van der Waals surface area contributed by atoms with Gasteiger partial charge in [0.25, 0.3) is 0 Å². The minimum absolute atomic E-state index is 0.0195. The molecular formula is C12H18N2O2S2. The fourth-order valence-electron chi connectivity index (χ4n) is 1.44. The molecule has 1 aromatic rings. The highest BCUT2D eigenvalue weighted by molar-refractivity contribution is 7.88. The minimum atomic E-state index is -3.25. The first-order chi connectivity index (χ1) is 8.44. The molecule has 0 unspecified atom stereocenters. The van der Waals surface area contributed by atoms with E-state index in [2.05, 4.69) is 4.72 Å². The Kier molecular flexibility index (Phi) is 5.71. The summed E-state index contributed by atoms with van der Waals surface area (Å²) in [5, 5.41) is 0. The van der Waals surface area contributed by atoms with E-state index in [1.807, 2.05) is 6.92 Å². The Morgan fingerprint density at radius 1 is 1.33 bits per heavy atom. The molecule has 1 rings (SSSR count). The molecule has 0 atom stereocenters. The van der Waals surface area contributed by atoms with Crippen LogP contribution in [0.25, 0.3) is 0 Å². The van der Waals surface area contributed by atoms with Crippen LogP contribution in [0.4, 0.5) is 0 Å². The first kappa shape index (κ1) is 15.1. The SMILES string of the molecule is CCCCNS(=O)(=O)Cc1ccc(C(N)=S)cc1. The molecule has 6 heteroatoms. The van der Waals surface area contributed by atoms with Crippen LogP contribution in [-0.2, 0) is 15.8 Å². The molecule has 0 aromatic heterocycles. The van der Waals surface area contributed by atoms with E-state index < -0.39 is 10.0 Å². The van der Waals surface area contributed by atoms with Gasteiger partial charge in [-0.1, -0.05) is 49.8 Å². The molecule has 0 saturated heterocycles. The van der Waals surface area contributed by atoms with E-state index in [1.165, 1.54) is 0 Å². The molecule has 0 radical (unpaired) electrons. The van der Waals surface area contributed by atoms with Crippen LogP contribution < -0.4 is 10.5 Å². The number of thiocarbonyl (C=S) groups is 1. The fraction of sp³-hybridized carbons (Fsp3) is 0.417. The van der Waals surface area contributed by atoms with Crippen LogP contribution in [0.5, 0.6) is 0 Å². The molecule has 1 aromatic carbocycles. The molecule has 4 nitrogen and oxygen atoms in total. The second-order valence-electron chi connectivity index (χ2n) is 4.07. The molecule has 0 spiro atoms. The van der Waals surface area contributed by atoms with Gasteiger partial charge in [-0.3, -0.25) is 0 Å². The Labute approximate surface area is 114 Å². The summed E-state index contributed by atoms with van der Waals surface area (Å²) < 4.78 is 26.0. The molecule has 0 saturated carbocycles. The topological polar surface area (TPSA) is 72.2 Å². The summed E-state index contributed by atoms with van der Waals surface area (Å²) in [6.07, 6.45) is 1.81. The summed E-state index contributed by atoms with van der Waals surface area (Å²) in [6.45, 7) is 2.51. The number of nitrogens with two attached hydrogens (primary N) is 1. The van der Waals surface area contributed by atoms with E-state index in [9.17, 15) is 8.42 Å². The number of benzene rings is 1. The van der Waals surface area contributed by atoms with Crippen LogP contribution in [0.1, 0.15) is 30.9 Å². The van der Waals surface area contributed by atoms with Gasteiger partial charge in [0, 0.05) is 12.1 Å². The van der Waals surface area contributed by atoms with Gasteiger partial charge in [-0.2, -0.15) is 0 Å². The zero-order valence-corrected chi connectivity index (χ0v) is 12.0. The normalized spacial score (nSPS) is 11.4. The highest BCUT2D eigenvalue weighted by Crippen LogP contribution is 2.08. The summed E-state index contributed by atoms with van der Waals surface area (Å²) in [4.78, 5) is 0.311. The third-order valence-electron chi connectivity index (χ3n) is 2.45. The Morgan fingerprint density at radius 2 is 1.94 bits per heavy atom. The molecule has 100 valence electrons. The summed E-state index contributed by atoms with van der Waals surface area (Å²) in [5.74, 6) is -0.0195. The predicted octanol–water partition coefficient (Wildman–Crippen LogP) is 1.54. The first-order valence-electron chi connectivity index (χ1n) is 5.80. The van der Waals surface area contributed by atoms with E-state index in [0.717, 1.165) is 24.0 Å². The third-order valence-corrected chi connectivity index (χ3v) is 4.04. The minimum Gasteiger partial charge on any atom is -0.389 e. The largest absolute Gasteiger partial charge is 0.389 e. The van der Waals surface area contributed by atoms with Gasteiger partial charge in [-0.15, -0.1) is 0 Å². The number of sulfonamides is 1. The lowest BCUT2D eigenvalue weighted by Crippen LogP contribution is -2.26. The molecule has 0 aliphatic heterocycles. The molecule has 0 aliphatic carbocycles. The second-order valence-corrected chi connectivity index (χ2v) is 6.31. The van der Waals surface area contributed by atoms with Gasteiger partial charge < -0.3 is 5.73 Å². The van der Waals surface area contributed by atoms with Crippen molar-refractivity contribution in [1.82, 2.24) is 4.72 Å². The highest BCUT2D eigenvalue weighted by Gasteiger charge is 2.10. The predicted molar refractivity (Wildman–Crippen MR) is 77.9 cm³/mol. The van der Waals surface area contributed by atoms with Gasteiger partial charge in [0.1, 0.15) is 4.99 Å². The van der Waals surface area contributed by atoms with Crippen molar-refractivity contribution in [2.45, 2.75) is 25.5 Å². The molecular weight excluding hydrogens is 268 g/mol.